The van der Waals surface area contributed by atoms with Gasteiger partial charge in [0.15, 0.2) is 0 Å². The minimum atomic E-state index is -0.623. The molecule has 0 radical (unpaired) electrons. The molecular weight excluding hydrogens is 341 g/mol. The number of rotatable bonds is 3. The van der Waals surface area contributed by atoms with Crippen LogP contribution in [0.4, 0.5) is 20.0 Å². The Morgan fingerprint density at radius 2 is 1.91 bits per heavy atom. The van der Waals surface area contributed by atoms with Crippen molar-refractivity contribution < 1.29 is 9.18 Å². The van der Waals surface area contributed by atoms with Gasteiger partial charge in [-0.1, -0.05) is 22.9 Å². The van der Waals surface area contributed by atoms with Gasteiger partial charge < -0.3 is 5.32 Å². The zero-order valence-corrected chi connectivity index (χ0v) is 13.0. The number of pyridine rings is 1. The molecule has 0 bridgehead atoms. The van der Waals surface area contributed by atoms with Crippen molar-refractivity contribution in [3.8, 4) is 10.6 Å². The van der Waals surface area contributed by atoms with Gasteiger partial charge in [0.25, 0.3) is 0 Å². The van der Waals surface area contributed by atoms with Gasteiger partial charge in [-0.25, -0.2) is 9.18 Å². The van der Waals surface area contributed by atoms with Gasteiger partial charge in [0, 0.05) is 23.0 Å². The zero-order valence-electron chi connectivity index (χ0n) is 11.5. The SMILES string of the molecule is O=C(Nc1nnc(-c2ccncc2)s1)Nc1ccc(Cl)cc1F. The number of anilines is 2. The third kappa shape index (κ3) is 3.79. The summed E-state index contributed by atoms with van der Waals surface area (Å²) in [5.41, 5.74) is 0.862. The minimum absolute atomic E-state index is 0.0192. The molecule has 0 saturated heterocycles. The van der Waals surface area contributed by atoms with Crippen LogP contribution in [-0.4, -0.2) is 21.2 Å². The lowest BCUT2D eigenvalue weighted by atomic mass is 10.3. The van der Waals surface area contributed by atoms with Gasteiger partial charge in [-0.3, -0.25) is 10.3 Å². The van der Waals surface area contributed by atoms with Gasteiger partial charge >= 0.3 is 6.03 Å². The van der Waals surface area contributed by atoms with Crippen LogP contribution in [0.1, 0.15) is 0 Å². The third-order valence-electron chi connectivity index (χ3n) is 2.75. The standard InChI is InChI=1S/C14H9ClFN5OS/c15-9-1-2-11(10(16)7-9)18-13(22)19-14-21-20-12(23-14)8-3-5-17-6-4-8/h1-7H,(H2,18,19,21,22). The number of halogens is 2. The summed E-state index contributed by atoms with van der Waals surface area (Å²) in [7, 11) is 0. The Hall–Kier alpha value is -2.58. The number of carbonyl (C=O) groups excluding carboxylic acids is 1. The summed E-state index contributed by atoms with van der Waals surface area (Å²) in [6.45, 7) is 0. The molecule has 6 nitrogen and oxygen atoms in total. The number of aromatic nitrogens is 3. The van der Waals surface area contributed by atoms with Crippen LogP contribution in [0.25, 0.3) is 10.6 Å². The molecule has 116 valence electrons. The monoisotopic (exact) mass is 349 g/mol. The molecule has 1 aromatic carbocycles. The number of nitrogens with one attached hydrogen (secondary N) is 2. The summed E-state index contributed by atoms with van der Waals surface area (Å²) in [6.07, 6.45) is 3.28. The summed E-state index contributed by atoms with van der Waals surface area (Å²) < 4.78 is 13.6. The van der Waals surface area contributed by atoms with Crippen molar-refractivity contribution in [2.75, 3.05) is 10.6 Å². The largest absolute Gasteiger partial charge is 0.325 e. The van der Waals surface area contributed by atoms with Crippen molar-refractivity contribution in [2.45, 2.75) is 0 Å². The molecule has 2 amide bonds. The number of hydrogen-bond donors (Lipinski definition) is 2. The van der Waals surface area contributed by atoms with Crippen molar-refractivity contribution >= 4 is 39.8 Å². The van der Waals surface area contributed by atoms with E-state index in [0.717, 1.165) is 11.6 Å². The first-order chi connectivity index (χ1) is 11.1. The number of urea groups is 1. The molecule has 3 aromatic rings. The lowest BCUT2D eigenvalue weighted by Gasteiger charge is -2.06. The van der Waals surface area contributed by atoms with E-state index in [4.69, 9.17) is 11.6 Å². The quantitative estimate of drug-likeness (QED) is 0.748. The summed E-state index contributed by atoms with van der Waals surface area (Å²) in [6, 6.07) is 6.92. The van der Waals surface area contributed by atoms with E-state index in [1.807, 2.05) is 0 Å². The van der Waals surface area contributed by atoms with Crippen molar-refractivity contribution in [2.24, 2.45) is 0 Å². The molecule has 0 aliphatic carbocycles. The average molecular weight is 350 g/mol. The summed E-state index contributed by atoms with van der Waals surface area (Å²) in [5, 5.41) is 13.9. The molecule has 0 fully saturated rings. The van der Waals surface area contributed by atoms with E-state index < -0.39 is 11.8 Å². The second-order valence-electron chi connectivity index (χ2n) is 4.35. The van der Waals surface area contributed by atoms with Crippen LogP contribution in [0.2, 0.25) is 5.02 Å². The van der Waals surface area contributed by atoms with Crippen LogP contribution in [-0.2, 0) is 0 Å². The third-order valence-corrected chi connectivity index (χ3v) is 3.87. The van der Waals surface area contributed by atoms with Crippen molar-refractivity contribution in [1.29, 1.82) is 0 Å². The molecule has 9 heteroatoms. The first-order valence-electron chi connectivity index (χ1n) is 6.39. The number of hydrogen-bond acceptors (Lipinski definition) is 5. The Balaban J connectivity index is 1.68. The fourth-order valence-corrected chi connectivity index (χ4v) is 2.63. The topological polar surface area (TPSA) is 79.8 Å². The van der Waals surface area contributed by atoms with Crippen LogP contribution < -0.4 is 10.6 Å². The van der Waals surface area contributed by atoms with Crippen LogP contribution in [0.5, 0.6) is 0 Å². The van der Waals surface area contributed by atoms with Gasteiger partial charge in [-0.2, -0.15) is 0 Å². The molecule has 0 aliphatic rings. The van der Waals surface area contributed by atoms with Crippen LogP contribution in [0.3, 0.4) is 0 Å². The number of benzene rings is 1. The van der Waals surface area contributed by atoms with Crippen molar-refractivity contribution in [1.82, 2.24) is 15.2 Å². The number of amides is 2. The Kier molecular flexibility index (Phi) is 4.45. The second-order valence-corrected chi connectivity index (χ2v) is 5.77. The molecular formula is C14H9ClFN5OS. The Morgan fingerprint density at radius 3 is 2.65 bits per heavy atom. The maximum Gasteiger partial charge on any atom is 0.325 e. The zero-order chi connectivity index (χ0) is 16.2. The number of nitrogens with zero attached hydrogens (tertiary/aromatic N) is 3. The highest BCUT2D eigenvalue weighted by Crippen LogP contribution is 2.26. The van der Waals surface area contributed by atoms with Gasteiger partial charge in [-0.15, -0.1) is 10.2 Å². The highest BCUT2D eigenvalue weighted by molar-refractivity contribution is 7.18. The number of carbonyl (C=O) groups is 1. The highest BCUT2D eigenvalue weighted by atomic mass is 35.5. The highest BCUT2D eigenvalue weighted by Gasteiger charge is 2.11. The van der Waals surface area contributed by atoms with Crippen LogP contribution in [0.15, 0.2) is 42.7 Å². The fraction of sp³-hybridized carbons (Fsp3) is 0. The molecule has 23 heavy (non-hydrogen) atoms. The first kappa shape index (κ1) is 15.3. The molecule has 3 rings (SSSR count). The van der Waals surface area contributed by atoms with Crippen LogP contribution in [0, 0.1) is 5.82 Å². The molecule has 0 spiro atoms. The van der Waals surface area contributed by atoms with Crippen molar-refractivity contribution in [3.05, 3.63) is 53.6 Å². The summed E-state index contributed by atoms with van der Waals surface area (Å²) >= 11 is 6.85. The average Bonchev–Trinajstić information content (AvgIpc) is 2.99. The molecule has 2 heterocycles. The first-order valence-corrected chi connectivity index (χ1v) is 7.58. The van der Waals surface area contributed by atoms with E-state index >= 15 is 0 Å². The maximum absolute atomic E-state index is 13.6. The summed E-state index contributed by atoms with van der Waals surface area (Å²) in [4.78, 5) is 15.8. The van der Waals surface area contributed by atoms with E-state index in [1.54, 1.807) is 24.5 Å². The second kappa shape index (κ2) is 6.67. The van der Waals surface area contributed by atoms with E-state index in [-0.39, 0.29) is 10.7 Å². The predicted octanol–water partition coefficient (Wildman–Crippen LogP) is 4.04. The van der Waals surface area contributed by atoms with Gasteiger partial charge in [0.05, 0.1) is 5.69 Å². The Labute approximate surface area is 139 Å². The predicted molar refractivity (Wildman–Crippen MR) is 87.2 cm³/mol. The van der Waals surface area contributed by atoms with E-state index in [0.29, 0.717) is 10.1 Å². The summed E-state index contributed by atoms with van der Waals surface area (Å²) in [5.74, 6) is -0.623. The Morgan fingerprint density at radius 1 is 1.13 bits per heavy atom. The fourth-order valence-electron chi connectivity index (χ4n) is 1.73. The smallest absolute Gasteiger partial charge is 0.305 e. The minimum Gasteiger partial charge on any atom is -0.305 e. The molecule has 0 aliphatic heterocycles. The maximum atomic E-state index is 13.6. The Bertz CT molecular complexity index is 842. The van der Waals surface area contributed by atoms with Crippen molar-refractivity contribution in [3.63, 3.8) is 0 Å². The lowest BCUT2D eigenvalue weighted by Crippen LogP contribution is -2.20. The van der Waals surface area contributed by atoms with Gasteiger partial charge in [-0.05, 0) is 30.3 Å². The van der Waals surface area contributed by atoms with Gasteiger partial charge in [0.2, 0.25) is 5.13 Å². The van der Waals surface area contributed by atoms with E-state index in [9.17, 15) is 9.18 Å². The molecule has 0 unspecified atom stereocenters. The lowest BCUT2D eigenvalue weighted by molar-refractivity contribution is 0.262. The van der Waals surface area contributed by atoms with Gasteiger partial charge in [0.1, 0.15) is 10.8 Å². The van der Waals surface area contributed by atoms with Crippen LogP contribution >= 0.6 is 22.9 Å². The molecule has 2 aromatic heterocycles. The molecule has 2 N–H and O–H groups in total. The molecule has 0 atom stereocenters. The normalized spacial score (nSPS) is 10.3. The van der Waals surface area contributed by atoms with E-state index in [2.05, 4.69) is 25.8 Å². The molecule has 0 saturated carbocycles. The van der Waals surface area contributed by atoms with E-state index in [1.165, 1.54) is 23.5 Å².